The van der Waals surface area contributed by atoms with Gasteiger partial charge in [0.2, 0.25) is 0 Å². The number of hydrogen-bond donors (Lipinski definition) is 1. The van der Waals surface area contributed by atoms with Gasteiger partial charge in [0, 0.05) is 11.8 Å². The maximum Gasteiger partial charge on any atom is 0.309 e. The molecule has 74 valence electrons. The highest BCUT2D eigenvalue weighted by Gasteiger charge is 2.00. The van der Waals surface area contributed by atoms with Crippen molar-refractivity contribution < 1.29 is 9.90 Å². The van der Waals surface area contributed by atoms with Gasteiger partial charge >= 0.3 is 5.97 Å². The Bertz CT molecular complexity index is 446. The summed E-state index contributed by atoms with van der Waals surface area (Å²) >= 11 is 0. The predicted molar refractivity (Wildman–Crippen MR) is 52.7 cm³/mol. The number of carboxylic acids is 1. The second kappa shape index (κ2) is 5.41. The third-order valence-corrected chi connectivity index (χ3v) is 1.56. The molecule has 0 bridgehead atoms. The standard InChI is InChI=1S/C11H8N2O2/c12-6-2-1-3-9-4-5-10(13-8-9)7-11(14)15/h4-5,8H,2,7H2,(H,14,15). The van der Waals surface area contributed by atoms with Gasteiger partial charge in [0.1, 0.15) is 0 Å². The summed E-state index contributed by atoms with van der Waals surface area (Å²) in [6.45, 7) is 0. The molecule has 1 heterocycles. The second-order valence-electron chi connectivity index (χ2n) is 2.75. The van der Waals surface area contributed by atoms with E-state index in [4.69, 9.17) is 10.4 Å². The first-order chi connectivity index (χ1) is 7.22. The highest BCUT2D eigenvalue weighted by Crippen LogP contribution is 1.99. The van der Waals surface area contributed by atoms with E-state index in [0.29, 0.717) is 11.3 Å². The van der Waals surface area contributed by atoms with Gasteiger partial charge in [-0.25, -0.2) is 0 Å². The van der Waals surface area contributed by atoms with Gasteiger partial charge in [-0.2, -0.15) is 5.26 Å². The third kappa shape index (κ3) is 3.93. The molecule has 0 saturated carbocycles. The van der Waals surface area contributed by atoms with Crippen LogP contribution in [0.4, 0.5) is 0 Å². The molecule has 4 heteroatoms. The molecule has 0 aliphatic rings. The van der Waals surface area contributed by atoms with Crippen LogP contribution >= 0.6 is 0 Å². The molecule has 0 spiro atoms. The Balaban J connectivity index is 2.70. The summed E-state index contributed by atoms with van der Waals surface area (Å²) < 4.78 is 0. The monoisotopic (exact) mass is 200 g/mol. The van der Waals surface area contributed by atoms with Gasteiger partial charge in [0.05, 0.1) is 24.6 Å². The largest absolute Gasteiger partial charge is 0.481 e. The maximum atomic E-state index is 10.4. The van der Waals surface area contributed by atoms with Gasteiger partial charge in [0.25, 0.3) is 0 Å². The van der Waals surface area contributed by atoms with Crippen LogP contribution in [-0.4, -0.2) is 16.1 Å². The normalized spacial score (nSPS) is 8.47. The van der Waals surface area contributed by atoms with E-state index in [0.717, 1.165) is 0 Å². The van der Waals surface area contributed by atoms with Crippen LogP contribution in [0.15, 0.2) is 18.3 Å². The van der Waals surface area contributed by atoms with Gasteiger partial charge in [-0.3, -0.25) is 9.78 Å². The van der Waals surface area contributed by atoms with Crippen molar-refractivity contribution in [2.75, 3.05) is 0 Å². The number of rotatable bonds is 2. The summed E-state index contributed by atoms with van der Waals surface area (Å²) in [5.41, 5.74) is 1.17. The molecule has 0 radical (unpaired) electrons. The molecule has 1 aromatic rings. The number of nitrogens with zero attached hydrogens (tertiary/aromatic N) is 2. The second-order valence-corrected chi connectivity index (χ2v) is 2.75. The van der Waals surface area contributed by atoms with Crippen LogP contribution in [0, 0.1) is 23.2 Å². The zero-order chi connectivity index (χ0) is 11.1. The highest BCUT2D eigenvalue weighted by atomic mass is 16.4. The Hall–Kier alpha value is -2.33. The number of carboxylic acid groups (broad SMARTS) is 1. The lowest BCUT2D eigenvalue weighted by atomic mass is 10.2. The van der Waals surface area contributed by atoms with E-state index < -0.39 is 5.97 Å². The molecular formula is C11H8N2O2. The average Bonchev–Trinajstić information content (AvgIpc) is 2.20. The Labute approximate surface area is 87.2 Å². The molecule has 0 aliphatic heterocycles. The minimum absolute atomic E-state index is 0.0914. The maximum absolute atomic E-state index is 10.4. The lowest BCUT2D eigenvalue weighted by Gasteiger charge is -1.95. The molecule has 0 aliphatic carbocycles. The average molecular weight is 200 g/mol. The summed E-state index contributed by atoms with van der Waals surface area (Å²) in [5.74, 6) is 4.48. The molecule has 1 N–H and O–H groups in total. The molecule has 0 atom stereocenters. The summed E-state index contributed by atoms with van der Waals surface area (Å²) in [6, 6.07) is 5.21. The van der Waals surface area contributed by atoms with Crippen molar-refractivity contribution in [2.24, 2.45) is 0 Å². The lowest BCUT2D eigenvalue weighted by molar-refractivity contribution is -0.136. The SMILES string of the molecule is N#CCC#Cc1ccc(CC(=O)O)nc1. The van der Waals surface area contributed by atoms with E-state index in [9.17, 15) is 4.79 Å². The molecule has 0 saturated heterocycles. The Morgan fingerprint density at radius 3 is 2.87 bits per heavy atom. The zero-order valence-corrected chi connectivity index (χ0v) is 7.90. The van der Waals surface area contributed by atoms with Crippen LogP contribution < -0.4 is 0 Å². The molecule has 0 amide bonds. The van der Waals surface area contributed by atoms with Crippen molar-refractivity contribution in [3.63, 3.8) is 0 Å². The molecular weight excluding hydrogens is 192 g/mol. The van der Waals surface area contributed by atoms with E-state index in [1.54, 1.807) is 12.1 Å². The van der Waals surface area contributed by atoms with Gasteiger partial charge in [0.15, 0.2) is 0 Å². The van der Waals surface area contributed by atoms with Crippen LogP contribution in [0.5, 0.6) is 0 Å². The molecule has 1 aromatic heterocycles. The Morgan fingerprint density at radius 1 is 1.53 bits per heavy atom. The molecule has 0 fully saturated rings. The molecule has 15 heavy (non-hydrogen) atoms. The summed E-state index contributed by atoms with van der Waals surface area (Å²) in [5, 5.41) is 16.8. The van der Waals surface area contributed by atoms with Crippen molar-refractivity contribution in [2.45, 2.75) is 12.8 Å². The molecule has 4 nitrogen and oxygen atoms in total. The first-order valence-corrected chi connectivity index (χ1v) is 4.25. The minimum atomic E-state index is -0.911. The van der Waals surface area contributed by atoms with Gasteiger partial charge < -0.3 is 5.11 Å². The van der Waals surface area contributed by atoms with Crippen molar-refractivity contribution in [1.29, 1.82) is 5.26 Å². The van der Waals surface area contributed by atoms with Crippen LogP contribution in [0.3, 0.4) is 0 Å². The third-order valence-electron chi connectivity index (χ3n) is 1.56. The van der Waals surface area contributed by atoms with E-state index in [-0.39, 0.29) is 12.8 Å². The number of carbonyl (C=O) groups is 1. The highest BCUT2D eigenvalue weighted by molar-refractivity contribution is 5.69. The summed E-state index contributed by atoms with van der Waals surface area (Å²) in [4.78, 5) is 14.3. The van der Waals surface area contributed by atoms with Crippen LogP contribution in [0.25, 0.3) is 0 Å². The van der Waals surface area contributed by atoms with Crippen LogP contribution in [0.1, 0.15) is 17.7 Å². The summed E-state index contributed by atoms with van der Waals surface area (Å²) in [7, 11) is 0. The Morgan fingerprint density at radius 2 is 2.33 bits per heavy atom. The van der Waals surface area contributed by atoms with E-state index in [2.05, 4.69) is 16.8 Å². The zero-order valence-electron chi connectivity index (χ0n) is 7.90. The van der Waals surface area contributed by atoms with Crippen molar-refractivity contribution in [1.82, 2.24) is 4.98 Å². The number of aliphatic carboxylic acids is 1. The van der Waals surface area contributed by atoms with Gasteiger partial charge in [-0.15, -0.1) is 0 Å². The van der Waals surface area contributed by atoms with Crippen molar-refractivity contribution in [3.05, 3.63) is 29.6 Å². The fraction of sp³-hybridized carbons (Fsp3) is 0.182. The lowest BCUT2D eigenvalue weighted by Crippen LogP contribution is -2.01. The number of nitriles is 1. The quantitative estimate of drug-likeness (QED) is 0.722. The fourth-order valence-electron chi connectivity index (χ4n) is 0.944. The smallest absolute Gasteiger partial charge is 0.309 e. The number of hydrogen-bond acceptors (Lipinski definition) is 3. The molecule has 1 rings (SSSR count). The van der Waals surface area contributed by atoms with Gasteiger partial charge in [-0.05, 0) is 12.1 Å². The number of aromatic nitrogens is 1. The van der Waals surface area contributed by atoms with Crippen molar-refractivity contribution >= 4 is 5.97 Å². The predicted octanol–water partition coefficient (Wildman–Crippen LogP) is 0.974. The van der Waals surface area contributed by atoms with E-state index in [1.807, 2.05) is 6.07 Å². The first-order valence-electron chi connectivity index (χ1n) is 4.25. The van der Waals surface area contributed by atoms with E-state index in [1.165, 1.54) is 6.20 Å². The summed E-state index contributed by atoms with van der Waals surface area (Å²) in [6.07, 6.45) is 1.59. The fourth-order valence-corrected chi connectivity index (χ4v) is 0.944. The number of pyridine rings is 1. The minimum Gasteiger partial charge on any atom is -0.481 e. The van der Waals surface area contributed by atoms with Gasteiger partial charge in [-0.1, -0.05) is 11.8 Å². The first kappa shape index (κ1) is 10.7. The molecule has 0 unspecified atom stereocenters. The topological polar surface area (TPSA) is 74.0 Å². The van der Waals surface area contributed by atoms with Crippen LogP contribution in [0.2, 0.25) is 0 Å². The van der Waals surface area contributed by atoms with Crippen LogP contribution in [-0.2, 0) is 11.2 Å². The van der Waals surface area contributed by atoms with Crippen molar-refractivity contribution in [3.8, 4) is 17.9 Å². The molecule has 0 aromatic carbocycles. The Kier molecular flexibility index (Phi) is 3.88. The van der Waals surface area contributed by atoms with E-state index >= 15 is 0 Å².